The average molecular weight is 612 g/mol. The van der Waals surface area contributed by atoms with Crippen LogP contribution in [0.15, 0.2) is 40.9 Å². The third-order valence-corrected chi connectivity index (χ3v) is 7.37. The van der Waals surface area contributed by atoms with E-state index in [1.165, 1.54) is 23.4 Å². The molecular formula is C26H25BrCl2N2O6. The van der Waals surface area contributed by atoms with Crippen molar-refractivity contribution in [3.63, 3.8) is 0 Å². The van der Waals surface area contributed by atoms with Crippen LogP contribution in [0.3, 0.4) is 0 Å². The van der Waals surface area contributed by atoms with E-state index in [2.05, 4.69) is 15.9 Å². The number of methoxy groups -OCH3 is 2. The molecule has 0 aliphatic carbocycles. The molecule has 0 saturated heterocycles. The van der Waals surface area contributed by atoms with E-state index in [9.17, 15) is 14.4 Å². The molecule has 196 valence electrons. The lowest BCUT2D eigenvalue weighted by molar-refractivity contribution is -0.142. The second-order valence-electron chi connectivity index (χ2n) is 7.92. The van der Waals surface area contributed by atoms with Crippen LogP contribution in [-0.2, 0) is 25.4 Å². The summed E-state index contributed by atoms with van der Waals surface area (Å²) in [5, 5.41) is 2.74. The van der Waals surface area contributed by atoms with Crippen LogP contribution in [0.2, 0.25) is 10.0 Å². The van der Waals surface area contributed by atoms with Crippen LogP contribution in [0.5, 0.6) is 0 Å². The van der Waals surface area contributed by atoms with Gasteiger partial charge in [-0.15, -0.1) is 0 Å². The molecule has 0 amide bonds. The summed E-state index contributed by atoms with van der Waals surface area (Å²) in [4.78, 5) is 35.2. The zero-order chi connectivity index (χ0) is 27.4. The van der Waals surface area contributed by atoms with Gasteiger partial charge in [-0.1, -0.05) is 23.2 Å². The van der Waals surface area contributed by atoms with E-state index in [1.807, 2.05) is 19.1 Å². The van der Waals surface area contributed by atoms with E-state index in [4.69, 9.17) is 37.4 Å². The number of hydrogen-bond acceptors (Lipinski definition) is 6. The molecule has 2 heterocycles. The number of carbonyl (C=O) groups excluding carboxylic acids is 3. The number of fused-ring (bicyclic) bond motifs is 2. The highest BCUT2D eigenvalue weighted by molar-refractivity contribution is 9.10. The Bertz CT molecular complexity index is 1510. The van der Waals surface area contributed by atoms with E-state index in [1.54, 1.807) is 38.1 Å². The fraction of sp³-hybridized carbons (Fsp3) is 0.269. The smallest absolute Gasteiger partial charge is 0.418 e. The molecule has 0 fully saturated rings. The fourth-order valence-corrected chi connectivity index (χ4v) is 4.85. The first-order valence-electron chi connectivity index (χ1n) is 11.1. The Hall–Kier alpha value is -3.01. The van der Waals surface area contributed by atoms with Crippen LogP contribution in [0.4, 0.5) is 9.59 Å². The topological polar surface area (TPSA) is 88.8 Å². The number of nitrogens with zero attached hydrogens (tertiary/aromatic N) is 2. The number of hydrogen-bond donors (Lipinski definition) is 0. The first-order valence-corrected chi connectivity index (χ1v) is 12.7. The fourth-order valence-electron chi connectivity index (χ4n) is 4.00. The van der Waals surface area contributed by atoms with Crippen molar-refractivity contribution in [2.75, 3.05) is 20.8 Å². The van der Waals surface area contributed by atoms with Crippen LogP contribution >= 0.6 is 39.1 Å². The van der Waals surface area contributed by atoms with Gasteiger partial charge >= 0.3 is 18.2 Å². The van der Waals surface area contributed by atoms with Gasteiger partial charge in [-0.3, -0.25) is 4.79 Å². The summed E-state index contributed by atoms with van der Waals surface area (Å²) in [6.45, 7) is 5.70. The number of benzene rings is 2. The average Bonchev–Trinajstić information content (AvgIpc) is 3.39. The predicted octanol–water partition coefficient (Wildman–Crippen LogP) is 7.30. The van der Waals surface area contributed by atoms with Crippen LogP contribution in [0, 0.1) is 13.8 Å². The molecule has 0 atom stereocenters. The third kappa shape index (κ3) is 5.79. The van der Waals surface area contributed by atoms with E-state index >= 15 is 0 Å². The maximum absolute atomic E-state index is 11.8. The van der Waals surface area contributed by atoms with E-state index in [0.717, 1.165) is 26.5 Å². The van der Waals surface area contributed by atoms with Gasteiger partial charge in [-0.25, -0.2) is 18.7 Å². The Morgan fingerprint density at radius 1 is 0.838 bits per heavy atom. The Labute approximate surface area is 232 Å². The highest BCUT2D eigenvalue weighted by Gasteiger charge is 2.19. The molecule has 0 N–H and O–H groups in total. The van der Waals surface area contributed by atoms with Crippen molar-refractivity contribution < 1.29 is 28.6 Å². The molecule has 11 heteroatoms. The zero-order valence-electron chi connectivity index (χ0n) is 20.9. The van der Waals surface area contributed by atoms with Gasteiger partial charge in [0.05, 0.1) is 43.3 Å². The quantitative estimate of drug-likeness (QED) is 0.178. The summed E-state index contributed by atoms with van der Waals surface area (Å²) in [6.07, 6.45) is -0.817. The van der Waals surface area contributed by atoms with Crippen molar-refractivity contribution in [2.24, 2.45) is 0 Å². The van der Waals surface area contributed by atoms with Crippen molar-refractivity contribution >= 4 is 79.1 Å². The number of ether oxygens (including phenoxy) is 3. The number of rotatable bonds is 3. The van der Waals surface area contributed by atoms with Gasteiger partial charge in [-0.05, 0) is 78.7 Å². The Morgan fingerprint density at radius 2 is 1.32 bits per heavy atom. The molecule has 0 radical (unpaired) electrons. The summed E-state index contributed by atoms with van der Waals surface area (Å²) in [5.41, 5.74) is 3.61. The molecule has 8 nitrogen and oxygen atoms in total. The molecule has 37 heavy (non-hydrogen) atoms. The maximum Gasteiger partial charge on any atom is 0.418 e. The predicted molar refractivity (Wildman–Crippen MR) is 147 cm³/mol. The SMILES string of the molecule is CCOC(=O)Cc1c(Cl)ccc2c1cc(C)n2C(=O)OC.COC(=O)n1c(C)cc2c(Br)c(Cl)ccc21. The van der Waals surface area contributed by atoms with Crippen LogP contribution in [-0.4, -0.2) is 48.1 Å². The monoisotopic (exact) mass is 610 g/mol. The molecule has 2 aromatic carbocycles. The molecule has 0 spiro atoms. The van der Waals surface area contributed by atoms with Crippen LogP contribution < -0.4 is 0 Å². The number of aryl methyl sites for hydroxylation is 2. The van der Waals surface area contributed by atoms with Crippen molar-refractivity contribution in [3.8, 4) is 0 Å². The minimum Gasteiger partial charge on any atom is -0.466 e. The minimum atomic E-state index is -0.480. The Balaban J connectivity index is 0.000000213. The first kappa shape index (κ1) is 28.6. The summed E-state index contributed by atoms with van der Waals surface area (Å²) in [7, 11) is 2.68. The minimum absolute atomic E-state index is 0.0641. The third-order valence-electron chi connectivity index (χ3n) is 5.62. The largest absolute Gasteiger partial charge is 0.466 e. The second-order valence-corrected chi connectivity index (χ2v) is 9.52. The summed E-state index contributed by atoms with van der Waals surface area (Å²) < 4.78 is 18.2. The molecule has 0 unspecified atom stereocenters. The molecule has 0 saturated carbocycles. The lowest BCUT2D eigenvalue weighted by atomic mass is 10.1. The van der Waals surface area contributed by atoms with Crippen LogP contribution in [0.1, 0.15) is 23.9 Å². The number of carbonyl (C=O) groups is 3. The van der Waals surface area contributed by atoms with E-state index in [0.29, 0.717) is 33.4 Å². The highest BCUT2D eigenvalue weighted by atomic mass is 79.9. The molecule has 4 rings (SSSR count). The van der Waals surface area contributed by atoms with Gasteiger partial charge in [0, 0.05) is 31.7 Å². The standard InChI is InChI=1S/C15H16ClNO4.C11H9BrClNO2/c1-4-21-14(18)8-10-11-7-9(2)17(15(19)20-3)13(11)6-5-12(10)16;1-6-5-7-9(14(6)11(15)16-2)4-3-8(13)10(7)12/h5-7H,4,8H2,1-3H3;3-5H,1-2H3. The molecule has 0 aliphatic rings. The lowest BCUT2D eigenvalue weighted by Crippen LogP contribution is -2.12. The van der Waals surface area contributed by atoms with Gasteiger partial charge < -0.3 is 14.2 Å². The first-order chi connectivity index (χ1) is 17.5. The molecule has 4 aromatic rings. The van der Waals surface area contributed by atoms with Crippen LogP contribution in [0.25, 0.3) is 21.8 Å². The van der Waals surface area contributed by atoms with Gasteiger partial charge in [0.25, 0.3) is 0 Å². The molecule has 2 aromatic heterocycles. The van der Waals surface area contributed by atoms with Gasteiger partial charge in [0.15, 0.2) is 0 Å². The highest BCUT2D eigenvalue weighted by Crippen LogP contribution is 2.33. The molecule has 0 bridgehead atoms. The molecular weight excluding hydrogens is 587 g/mol. The Morgan fingerprint density at radius 3 is 1.84 bits per heavy atom. The van der Waals surface area contributed by atoms with Crippen molar-refractivity contribution in [1.82, 2.24) is 9.13 Å². The Kier molecular flexibility index (Phi) is 9.28. The number of esters is 1. The number of aromatic nitrogens is 2. The number of halogens is 3. The summed E-state index contributed by atoms with van der Waals surface area (Å²) in [5.74, 6) is -0.352. The maximum atomic E-state index is 11.8. The van der Waals surface area contributed by atoms with Gasteiger partial charge in [0.1, 0.15) is 0 Å². The van der Waals surface area contributed by atoms with Gasteiger partial charge in [0.2, 0.25) is 0 Å². The van der Waals surface area contributed by atoms with E-state index < -0.39 is 12.2 Å². The van der Waals surface area contributed by atoms with Crippen molar-refractivity contribution in [1.29, 1.82) is 0 Å². The normalized spacial score (nSPS) is 10.7. The molecule has 0 aliphatic heterocycles. The summed E-state index contributed by atoms with van der Waals surface area (Å²) >= 11 is 15.6. The lowest BCUT2D eigenvalue weighted by Gasteiger charge is -2.08. The summed E-state index contributed by atoms with van der Waals surface area (Å²) in [6, 6.07) is 10.6. The van der Waals surface area contributed by atoms with Gasteiger partial charge in [-0.2, -0.15) is 0 Å². The van der Waals surface area contributed by atoms with Crippen molar-refractivity contribution in [3.05, 3.63) is 67.9 Å². The van der Waals surface area contributed by atoms with E-state index in [-0.39, 0.29) is 12.4 Å². The second kappa shape index (κ2) is 12.0. The zero-order valence-corrected chi connectivity index (χ0v) is 24.0. The van der Waals surface area contributed by atoms with Crippen molar-refractivity contribution in [2.45, 2.75) is 27.2 Å².